The van der Waals surface area contributed by atoms with Crippen molar-refractivity contribution < 1.29 is 21.6 Å². The summed E-state index contributed by atoms with van der Waals surface area (Å²) < 4.78 is 55.2. The Kier molecular flexibility index (Phi) is 8.12. The minimum absolute atomic E-state index is 0.00569. The number of nitrogen functional groups attached to an aromatic ring is 1. The number of nitrogens with zero attached hydrogens (tertiary/aromatic N) is 3. The summed E-state index contributed by atoms with van der Waals surface area (Å²) in [6, 6.07) is 4.75. The lowest BCUT2D eigenvalue weighted by Gasteiger charge is -2.20. The number of anilines is 1. The van der Waals surface area contributed by atoms with Crippen molar-refractivity contribution in [2.24, 2.45) is 26.1 Å². The Morgan fingerprint density at radius 2 is 1.95 bits per heavy atom. The molecule has 2 aliphatic heterocycles. The SMILES string of the molecule is NCCNC(=O)c1cc(Cl)cc(-c2ccc(S(=O)(=O)NC3CCNC3)c(S(N)(=O)=O)c2C2=NCN=N2)c1N. The van der Waals surface area contributed by atoms with Gasteiger partial charge in [0.2, 0.25) is 20.0 Å². The zero-order chi connectivity index (χ0) is 27.7. The monoisotopic (exact) mass is 583 g/mol. The molecule has 2 aromatic rings. The summed E-state index contributed by atoms with van der Waals surface area (Å²) in [5.41, 5.74) is 11.8. The molecule has 2 aliphatic rings. The van der Waals surface area contributed by atoms with E-state index in [1.807, 2.05) is 0 Å². The molecule has 2 heterocycles. The molecule has 1 unspecified atom stereocenters. The second-order valence-corrected chi connectivity index (χ2v) is 12.1. The van der Waals surface area contributed by atoms with Gasteiger partial charge in [-0.25, -0.2) is 31.7 Å². The second-order valence-electron chi connectivity index (χ2n) is 8.50. The lowest BCUT2D eigenvalue weighted by molar-refractivity contribution is 0.0955. The minimum Gasteiger partial charge on any atom is -0.398 e. The number of hydrogen-bond donors (Lipinski definition) is 6. The smallest absolute Gasteiger partial charge is 0.253 e. The van der Waals surface area contributed by atoms with E-state index in [4.69, 9.17) is 28.2 Å². The summed E-state index contributed by atoms with van der Waals surface area (Å²) in [5, 5.41) is 19.0. The molecule has 1 fully saturated rings. The third-order valence-corrected chi connectivity index (χ3v) is 8.76. The Labute approximate surface area is 224 Å². The van der Waals surface area contributed by atoms with Gasteiger partial charge in [0, 0.05) is 36.3 Å². The van der Waals surface area contributed by atoms with Crippen molar-refractivity contribution in [2.75, 3.05) is 38.6 Å². The summed E-state index contributed by atoms with van der Waals surface area (Å²) in [6.07, 6.45) is 0.518. The number of halogens is 1. The first kappa shape index (κ1) is 28.0. The molecule has 0 saturated carbocycles. The number of benzene rings is 2. The molecule has 1 amide bonds. The standard InChI is InChI=1S/C21H26ClN9O5S2/c22-11-7-14(18(24)15(8-11)21(32)27-6-4-23)13-1-2-16(38(35,36)31-12-3-5-26-9-12)19(37(25,33)34)17(13)20-28-10-29-30-20/h1-2,7-8,12,26,31H,3-6,9-10,23-24H2,(H,27,32)(H2,25,33,34). The average molecular weight is 584 g/mol. The van der Waals surface area contributed by atoms with Gasteiger partial charge < -0.3 is 22.1 Å². The highest BCUT2D eigenvalue weighted by Crippen LogP contribution is 2.39. The van der Waals surface area contributed by atoms with Crippen LogP contribution in [0.3, 0.4) is 0 Å². The minimum atomic E-state index is -4.69. The number of aliphatic imine (C=N–C) groups is 1. The van der Waals surface area contributed by atoms with Gasteiger partial charge >= 0.3 is 0 Å². The Hall–Kier alpha value is -2.99. The van der Waals surface area contributed by atoms with Gasteiger partial charge in [-0.2, -0.15) is 5.11 Å². The Morgan fingerprint density at radius 3 is 2.55 bits per heavy atom. The lowest BCUT2D eigenvalue weighted by atomic mass is 9.95. The van der Waals surface area contributed by atoms with Crippen LogP contribution < -0.4 is 32.0 Å². The van der Waals surface area contributed by atoms with Gasteiger partial charge in [0.25, 0.3) is 5.91 Å². The van der Waals surface area contributed by atoms with Crippen LogP contribution in [0, 0.1) is 0 Å². The fraction of sp³-hybridized carbons (Fsp3) is 0.333. The van der Waals surface area contributed by atoms with Crippen molar-refractivity contribution in [1.82, 2.24) is 15.4 Å². The summed E-state index contributed by atoms with van der Waals surface area (Å²) in [7, 11) is -9.06. The van der Waals surface area contributed by atoms with E-state index in [1.165, 1.54) is 18.2 Å². The molecule has 0 spiro atoms. The van der Waals surface area contributed by atoms with E-state index in [1.54, 1.807) is 0 Å². The van der Waals surface area contributed by atoms with Gasteiger partial charge in [0.1, 0.15) is 9.79 Å². The van der Waals surface area contributed by atoms with Gasteiger partial charge in [-0.1, -0.05) is 17.7 Å². The van der Waals surface area contributed by atoms with Crippen molar-refractivity contribution >= 4 is 49.1 Å². The number of azo groups is 1. The van der Waals surface area contributed by atoms with E-state index in [0.717, 1.165) is 6.07 Å². The van der Waals surface area contributed by atoms with Crippen LogP contribution >= 0.6 is 11.6 Å². The van der Waals surface area contributed by atoms with Gasteiger partial charge in [-0.05, 0) is 36.7 Å². The van der Waals surface area contributed by atoms with E-state index in [0.29, 0.717) is 19.5 Å². The number of rotatable bonds is 9. The van der Waals surface area contributed by atoms with Gasteiger partial charge in [-0.3, -0.25) is 4.79 Å². The maximum atomic E-state index is 13.4. The van der Waals surface area contributed by atoms with Crippen LogP contribution in [-0.4, -0.2) is 67.5 Å². The first-order valence-electron chi connectivity index (χ1n) is 11.4. The highest BCUT2D eigenvalue weighted by Gasteiger charge is 2.34. The molecule has 0 aromatic heterocycles. The van der Waals surface area contributed by atoms with Crippen molar-refractivity contribution in [1.29, 1.82) is 0 Å². The Bertz CT molecular complexity index is 1550. The predicted octanol–water partition coefficient (Wildman–Crippen LogP) is -0.265. The van der Waals surface area contributed by atoms with Crippen LogP contribution in [0.2, 0.25) is 5.02 Å². The number of amidine groups is 1. The normalized spacial score (nSPS) is 17.6. The van der Waals surface area contributed by atoms with Crippen LogP contribution in [0.15, 0.2) is 49.3 Å². The highest BCUT2D eigenvalue weighted by atomic mass is 35.5. The maximum Gasteiger partial charge on any atom is 0.253 e. The van der Waals surface area contributed by atoms with E-state index >= 15 is 0 Å². The van der Waals surface area contributed by atoms with Crippen LogP contribution in [0.4, 0.5) is 5.69 Å². The summed E-state index contributed by atoms with van der Waals surface area (Å²) in [4.78, 5) is 15.5. The predicted molar refractivity (Wildman–Crippen MR) is 142 cm³/mol. The number of nitrogens with one attached hydrogen (secondary N) is 3. The Balaban J connectivity index is 2.00. The number of hydrogen-bond acceptors (Lipinski definition) is 11. The third-order valence-electron chi connectivity index (χ3n) is 5.86. The summed E-state index contributed by atoms with van der Waals surface area (Å²) >= 11 is 6.30. The molecule has 4 rings (SSSR count). The maximum absolute atomic E-state index is 13.4. The molecule has 204 valence electrons. The Morgan fingerprint density at radius 1 is 1.18 bits per heavy atom. The number of primary sulfonamides is 1. The fourth-order valence-corrected chi connectivity index (χ4v) is 7.30. The first-order chi connectivity index (χ1) is 17.9. The topological polar surface area (TPSA) is 237 Å². The van der Waals surface area contributed by atoms with E-state index < -0.39 is 41.8 Å². The van der Waals surface area contributed by atoms with Crippen LogP contribution in [0.25, 0.3) is 11.1 Å². The van der Waals surface area contributed by atoms with Crippen molar-refractivity contribution in [3.05, 3.63) is 40.4 Å². The van der Waals surface area contributed by atoms with Crippen molar-refractivity contribution in [3.63, 3.8) is 0 Å². The van der Waals surface area contributed by atoms with Crippen LogP contribution in [0.5, 0.6) is 0 Å². The number of amides is 1. The largest absolute Gasteiger partial charge is 0.398 e. The van der Waals surface area contributed by atoms with Gasteiger partial charge in [0.05, 0.1) is 16.8 Å². The zero-order valence-electron chi connectivity index (χ0n) is 19.9. The average Bonchev–Trinajstić information content (AvgIpc) is 3.56. The first-order valence-corrected chi connectivity index (χ1v) is 14.8. The molecule has 14 nitrogen and oxygen atoms in total. The highest BCUT2D eigenvalue weighted by molar-refractivity contribution is 7.92. The number of carbonyl (C=O) groups excluding carboxylic acids is 1. The van der Waals surface area contributed by atoms with Gasteiger partial charge in [-0.15, -0.1) is 5.11 Å². The number of nitrogens with two attached hydrogens (primary N) is 3. The molecule has 9 N–H and O–H groups in total. The molecule has 38 heavy (non-hydrogen) atoms. The fourth-order valence-electron chi connectivity index (χ4n) is 4.21. The summed E-state index contributed by atoms with van der Waals surface area (Å²) in [6.45, 7) is 1.23. The molecule has 1 atom stereocenters. The molecule has 1 saturated heterocycles. The van der Waals surface area contributed by atoms with Gasteiger partial charge in [0.15, 0.2) is 12.5 Å². The van der Waals surface area contributed by atoms with E-state index in [9.17, 15) is 21.6 Å². The van der Waals surface area contributed by atoms with E-state index in [2.05, 4.69) is 30.6 Å². The molecule has 0 radical (unpaired) electrons. The molecule has 17 heteroatoms. The van der Waals surface area contributed by atoms with E-state index in [-0.39, 0.29) is 58.6 Å². The molecule has 0 aliphatic carbocycles. The second kappa shape index (κ2) is 11.0. The summed E-state index contributed by atoms with van der Waals surface area (Å²) in [5.74, 6) is -0.728. The molecule has 0 bridgehead atoms. The zero-order valence-corrected chi connectivity index (χ0v) is 22.3. The lowest BCUT2D eigenvalue weighted by Crippen LogP contribution is -2.37. The molecular weight excluding hydrogens is 558 g/mol. The molecular formula is C21H26ClN9O5S2. The number of sulfonamides is 2. The molecule has 2 aromatic carbocycles. The van der Waals surface area contributed by atoms with Crippen molar-refractivity contribution in [3.8, 4) is 11.1 Å². The van der Waals surface area contributed by atoms with Crippen molar-refractivity contribution in [2.45, 2.75) is 22.3 Å². The number of carbonyl (C=O) groups is 1. The quantitative estimate of drug-likeness (QED) is 0.214. The van der Waals surface area contributed by atoms with Crippen LogP contribution in [-0.2, 0) is 20.0 Å². The van der Waals surface area contributed by atoms with Crippen LogP contribution in [0.1, 0.15) is 22.3 Å². The third kappa shape index (κ3) is 5.70.